The number of anilines is 1. The maximum Gasteiger partial charge on any atom is 0.421 e. The van der Waals surface area contributed by atoms with Crippen LogP contribution in [0.5, 0.6) is 5.75 Å². The molecular weight excluding hydrogens is 389 g/mol. The molecule has 8 heteroatoms. The van der Waals surface area contributed by atoms with Crippen molar-refractivity contribution in [2.75, 3.05) is 11.9 Å². The zero-order chi connectivity index (χ0) is 21.1. The van der Waals surface area contributed by atoms with E-state index in [-0.39, 0.29) is 40.4 Å². The van der Waals surface area contributed by atoms with Crippen LogP contribution < -0.4 is 15.4 Å². The van der Waals surface area contributed by atoms with E-state index in [0.717, 1.165) is 12.8 Å². The first-order valence-corrected chi connectivity index (χ1v) is 9.87. The van der Waals surface area contributed by atoms with Crippen molar-refractivity contribution in [3.8, 4) is 5.75 Å². The predicted molar refractivity (Wildman–Crippen MR) is 107 cm³/mol. The zero-order valence-electron chi connectivity index (χ0n) is 16.6. The first kappa shape index (κ1) is 22.5. The number of hydrogen-bond acceptors (Lipinski definition) is 3. The molecule has 156 valence electrons. The van der Waals surface area contributed by atoms with Crippen molar-refractivity contribution in [3.63, 3.8) is 0 Å². The summed E-state index contributed by atoms with van der Waals surface area (Å²) in [5.74, 6) is 0.187. The molecule has 0 spiro atoms. The fourth-order valence-corrected chi connectivity index (χ4v) is 4.11. The van der Waals surface area contributed by atoms with Crippen molar-refractivity contribution in [3.05, 3.63) is 23.8 Å². The van der Waals surface area contributed by atoms with Crippen LogP contribution in [0.1, 0.15) is 52.5 Å². The number of carbonyl (C=O) groups excluding carboxylic acids is 1. The Morgan fingerprint density at radius 1 is 1.25 bits per heavy atom. The summed E-state index contributed by atoms with van der Waals surface area (Å²) in [6, 6.07) is 3.95. The Hall–Kier alpha value is -1.83. The van der Waals surface area contributed by atoms with Crippen LogP contribution in [0.3, 0.4) is 0 Å². The fourth-order valence-electron chi connectivity index (χ4n) is 3.88. The molecule has 2 atom stereocenters. The zero-order valence-corrected chi connectivity index (χ0v) is 17.4. The fraction of sp³-hybridized carbons (Fsp3) is 0.600. The average Bonchev–Trinajstić information content (AvgIpc) is 3.06. The molecule has 1 aromatic rings. The smallest absolute Gasteiger partial charge is 0.421 e. The summed E-state index contributed by atoms with van der Waals surface area (Å²) in [7, 11) is 0. The van der Waals surface area contributed by atoms with Gasteiger partial charge in [0.25, 0.3) is 0 Å². The Kier molecular flexibility index (Phi) is 6.96. The second-order valence-corrected chi connectivity index (χ2v) is 8.05. The summed E-state index contributed by atoms with van der Waals surface area (Å²) in [4.78, 5) is 12.3. The maximum absolute atomic E-state index is 13.5. The summed E-state index contributed by atoms with van der Waals surface area (Å²) >= 11 is 5.06. The second-order valence-electron chi connectivity index (χ2n) is 7.64. The number of amides is 1. The molecule has 0 aliphatic heterocycles. The third kappa shape index (κ3) is 5.16. The second kappa shape index (κ2) is 8.68. The van der Waals surface area contributed by atoms with Crippen molar-refractivity contribution in [1.82, 2.24) is 5.32 Å². The molecule has 1 saturated carbocycles. The molecule has 1 aliphatic carbocycles. The molecule has 1 aliphatic rings. The van der Waals surface area contributed by atoms with E-state index in [2.05, 4.69) is 31.4 Å². The number of carbonyl (C=O) groups is 1. The molecule has 4 nitrogen and oxygen atoms in total. The molecule has 0 bridgehead atoms. The van der Waals surface area contributed by atoms with Gasteiger partial charge in [0, 0.05) is 6.42 Å². The minimum absolute atomic E-state index is 0.101. The van der Waals surface area contributed by atoms with E-state index in [0.29, 0.717) is 12.3 Å². The highest BCUT2D eigenvalue weighted by molar-refractivity contribution is 7.80. The molecule has 1 amide bonds. The van der Waals surface area contributed by atoms with Crippen LogP contribution in [-0.4, -0.2) is 17.6 Å². The van der Waals surface area contributed by atoms with Gasteiger partial charge in [0.05, 0.1) is 12.3 Å². The van der Waals surface area contributed by atoms with E-state index < -0.39 is 11.7 Å². The van der Waals surface area contributed by atoms with E-state index in [1.807, 2.05) is 0 Å². The van der Waals surface area contributed by atoms with Gasteiger partial charge in [0.15, 0.2) is 5.11 Å². The highest BCUT2D eigenvalue weighted by Gasteiger charge is 2.56. The topological polar surface area (TPSA) is 50.4 Å². The van der Waals surface area contributed by atoms with Crippen LogP contribution in [0.4, 0.5) is 18.9 Å². The minimum atomic E-state index is -4.63. The van der Waals surface area contributed by atoms with E-state index in [9.17, 15) is 18.0 Å². The molecular formula is C20H27F3N2O2S. The summed E-state index contributed by atoms with van der Waals surface area (Å²) < 4.78 is 45.5. The Labute approximate surface area is 169 Å². The monoisotopic (exact) mass is 416 g/mol. The number of benzene rings is 1. The van der Waals surface area contributed by atoms with Crippen molar-refractivity contribution in [2.45, 2.75) is 53.1 Å². The number of thiocarbonyl (C=S) groups is 1. The van der Waals surface area contributed by atoms with E-state index in [1.54, 1.807) is 6.92 Å². The molecule has 2 rings (SSSR count). The van der Waals surface area contributed by atoms with Gasteiger partial charge < -0.3 is 15.4 Å². The van der Waals surface area contributed by atoms with Gasteiger partial charge in [-0.3, -0.25) is 4.79 Å². The van der Waals surface area contributed by atoms with Crippen LogP contribution in [0.15, 0.2) is 18.2 Å². The molecule has 0 radical (unpaired) electrons. The predicted octanol–water partition coefficient (Wildman–Crippen LogP) is 5.38. The van der Waals surface area contributed by atoms with E-state index >= 15 is 0 Å². The lowest BCUT2D eigenvalue weighted by Gasteiger charge is -2.18. The summed E-state index contributed by atoms with van der Waals surface area (Å²) in [5.41, 5.74) is -1.09. The van der Waals surface area contributed by atoms with Gasteiger partial charge >= 0.3 is 6.18 Å². The molecule has 2 N–H and O–H groups in total. The normalized spacial score (nSPS) is 20.4. The van der Waals surface area contributed by atoms with Gasteiger partial charge in [0.1, 0.15) is 11.3 Å². The van der Waals surface area contributed by atoms with Gasteiger partial charge in [-0.15, -0.1) is 0 Å². The molecule has 0 heterocycles. The SMILES string of the molecule is CCCC1C(CC(=O)NC(=S)Nc2cccc(OCC)c2C(F)(F)F)C1(C)C. The van der Waals surface area contributed by atoms with Crippen LogP contribution in [0.25, 0.3) is 0 Å². The highest BCUT2D eigenvalue weighted by atomic mass is 32.1. The largest absolute Gasteiger partial charge is 0.493 e. The molecule has 1 aromatic carbocycles. The lowest BCUT2D eigenvalue weighted by atomic mass is 10.1. The highest BCUT2D eigenvalue weighted by Crippen LogP contribution is 2.61. The first-order chi connectivity index (χ1) is 13.0. The number of rotatable bonds is 7. The Balaban J connectivity index is 2.03. The maximum atomic E-state index is 13.5. The molecule has 2 unspecified atom stereocenters. The van der Waals surface area contributed by atoms with Crippen molar-refractivity contribution in [2.24, 2.45) is 17.3 Å². The molecule has 0 aromatic heterocycles. The van der Waals surface area contributed by atoms with Gasteiger partial charge in [-0.2, -0.15) is 13.2 Å². The number of nitrogens with one attached hydrogen (secondary N) is 2. The lowest BCUT2D eigenvalue weighted by molar-refractivity contribution is -0.138. The summed E-state index contributed by atoms with van der Waals surface area (Å²) in [6.07, 6.45) is -2.20. The number of ether oxygens (including phenoxy) is 1. The van der Waals surface area contributed by atoms with E-state index in [4.69, 9.17) is 17.0 Å². The van der Waals surface area contributed by atoms with Gasteiger partial charge in [0.2, 0.25) is 5.91 Å². The van der Waals surface area contributed by atoms with Crippen LogP contribution in [0, 0.1) is 17.3 Å². The van der Waals surface area contributed by atoms with Crippen LogP contribution >= 0.6 is 12.2 Å². The third-order valence-electron chi connectivity index (χ3n) is 5.40. The minimum Gasteiger partial charge on any atom is -0.493 e. The van der Waals surface area contributed by atoms with Crippen molar-refractivity contribution >= 4 is 28.9 Å². The molecule has 0 saturated heterocycles. The first-order valence-electron chi connectivity index (χ1n) is 9.46. The average molecular weight is 417 g/mol. The number of halogens is 3. The van der Waals surface area contributed by atoms with E-state index in [1.165, 1.54) is 18.2 Å². The van der Waals surface area contributed by atoms with Crippen molar-refractivity contribution in [1.29, 1.82) is 0 Å². The van der Waals surface area contributed by atoms with Gasteiger partial charge in [-0.1, -0.05) is 33.3 Å². The Bertz CT molecular complexity index is 735. The molecule has 1 fully saturated rings. The van der Waals surface area contributed by atoms with Crippen LogP contribution in [0.2, 0.25) is 0 Å². The standard InChI is InChI=1S/C20H27F3N2O2S/c1-5-8-12-13(19(12,3)4)11-16(26)25-18(28)24-14-9-7-10-15(27-6-2)17(14)20(21,22)23/h7,9-10,12-13H,5-6,8,11H2,1-4H3,(H2,24,25,26,28). The van der Waals surface area contributed by atoms with Crippen LogP contribution in [-0.2, 0) is 11.0 Å². The van der Waals surface area contributed by atoms with Gasteiger partial charge in [-0.05, 0) is 54.9 Å². The number of hydrogen-bond donors (Lipinski definition) is 2. The lowest BCUT2D eigenvalue weighted by Crippen LogP contribution is -2.35. The van der Waals surface area contributed by atoms with Gasteiger partial charge in [-0.25, -0.2) is 0 Å². The summed E-state index contributed by atoms with van der Waals surface area (Å²) in [6.45, 7) is 8.09. The Morgan fingerprint density at radius 3 is 2.50 bits per heavy atom. The quantitative estimate of drug-likeness (QED) is 0.586. The Morgan fingerprint density at radius 2 is 1.93 bits per heavy atom. The third-order valence-corrected chi connectivity index (χ3v) is 5.61. The molecule has 28 heavy (non-hydrogen) atoms. The van der Waals surface area contributed by atoms with Crippen molar-refractivity contribution < 1.29 is 22.7 Å². The summed E-state index contributed by atoms with van der Waals surface area (Å²) in [5, 5.41) is 4.84. The number of alkyl halides is 3.